The molecule has 1 aromatic rings. The molecule has 0 radical (unpaired) electrons. The number of carbonyl (C=O) groups excluding carboxylic acids is 1. The molecule has 0 aromatic carbocycles. The van der Waals surface area contributed by atoms with Gasteiger partial charge in [0.05, 0.1) is 5.69 Å². The van der Waals surface area contributed by atoms with Crippen LogP contribution in [0.1, 0.15) is 37.3 Å². The van der Waals surface area contributed by atoms with Crippen LogP contribution in [0.15, 0.2) is 12.3 Å². The minimum Gasteiger partial charge on any atom is -0.347 e. The zero-order valence-corrected chi connectivity index (χ0v) is 16.9. The Morgan fingerprint density at radius 2 is 1.93 bits per heavy atom. The molecule has 1 atom stereocenters. The van der Waals surface area contributed by atoms with Gasteiger partial charge < -0.3 is 14.7 Å². The van der Waals surface area contributed by atoms with Gasteiger partial charge in [-0.2, -0.15) is 0 Å². The SMILES string of the molecule is CN1CC(c2ccnc(N(C)C)n2)C2(C1)CN(C(=O)C1(C(F)F)CCCC1)C2. The maximum atomic E-state index is 13.8. The van der Waals surface area contributed by atoms with Crippen molar-refractivity contribution < 1.29 is 13.6 Å². The van der Waals surface area contributed by atoms with Gasteiger partial charge in [0.15, 0.2) is 0 Å². The summed E-state index contributed by atoms with van der Waals surface area (Å²) in [7, 11) is 5.88. The molecule has 154 valence electrons. The number of rotatable bonds is 4. The van der Waals surface area contributed by atoms with Crippen molar-refractivity contribution in [2.24, 2.45) is 10.8 Å². The van der Waals surface area contributed by atoms with Gasteiger partial charge in [-0.3, -0.25) is 4.79 Å². The highest BCUT2D eigenvalue weighted by Gasteiger charge is 2.60. The predicted octanol–water partition coefficient (Wildman–Crippen LogP) is 2.23. The molecular weight excluding hydrogens is 364 g/mol. The quantitative estimate of drug-likeness (QED) is 0.785. The average molecular weight is 393 g/mol. The minimum atomic E-state index is -2.58. The molecular formula is C20H29F2N5O. The number of nitrogens with zero attached hydrogens (tertiary/aromatic N) is 5. The van der Waals surface area contributed by atoms with Gasteiger partial charge in [-0.05, 0) is 26.0 Å². The lowest BCUT2D eigenvalue weighted by Crippen LogP contribution is -2.64. The normalized spacial score (nSPS) is 26.1. The van der Waals surface area contributed by atoms with Crippen molar-refractivity contribution >= 4 is 11.9 Å². The molecule has 1 aromatic heterocycles. The number of hydrogen-bond acceptors (Lipinski definition) is 5. The largest absolute Gasteiger partial charge is 0.347 e. The van der Waals surface area contributed by atoms with Crippen molar-refractivity contribution in [3.8, 4) is 0 Å². The Kier molecular flexibility index (Phi) is 4.80. The molecule has 2 saturated heterocycles. The zero-order chi connectivity index (χ0) is 20.1. The van der Waals surface area contributed by atoms with Crippen LogP contribution in [0.2, 0.25) is 0 Å². The molecule has 1 aliphatic carbocycles. The monoisotopic (exact) mass is 393 g/mol. The molecule has 1 saturated carbocycles. The van der Waals surface area contributed by atoms with Crippen molar-refractivity contribution in [3.05, 3.63) is 18.0 Å². The first-order valence-corrected chi connectivity index (χ1v) is 10.0. The van der Waals surface area contributed by atoms with E-state index in [-0.39, 0.29) is 17.2 Å². The highest BCUT2D eigenvalue weighted by molar-refractivity contribution is 5.84. The molecule has 1 spiro atoms. The first-order valence-electron chi connectivity index (χ1n) is 10.0. The smallest absolute Gasteiger partial charge is 0.252 e. The van der Waals surface area contributed by atoms with Gasteiger partial charge >= 0.3 is 0 Å². The summed E-state index contributed by atoms with van der Waals surface area (Å²) >= 11 is 0. The molecule has 3 fully saturated rings. The number of aromatic nitrogens is 2. The van der Waals surface area contributed by atoms with E-state index in [0.717, 1.165) is 18.8 Å². The standard InChI is InChI=1S/C20H29F2N5O/c1-25(2)18-23-9-6-15(24-18)14-10-26(3)11-19(14)12-27(13-19)17(28)20(16(21)22)7-4-5-8-20/h6,9,14,16H,4-5,7-8,10-13H2,1-3H3. The Balaban J connectivity index is 1.54. The fraction of sp³-hybridized carbons (Fsp3) is 0.750. The van der Waals surface area contributed by atoms with E-state index in [2.05, 4.69) is 16.9 Å². The first kappa shape index (κ1) is 19.5. The zero-order valence-electron chi connectivity index (χ0n) is 16.9. The van der Waals surface area contributed by atoms with E-state index >= 15 is 0 Å². The number of hydrogen-bond donors (Lipinski definition) is 0. The summed E-state index contributed by atoms with van der Waals surface area (Å²) in [5.74, 6) is 0.502. The molecule has 1 amide bonds. The topological polar surface area (TPSA) is 52.6 Å². The fourth-order valence-corrected chi connectivity index (χ4v) is 5.42. The van der Waals surface area contributed by atoms with Gasteiger partial charge in [0.25, 0.3) is 6.43 Å². The van der Waals surface area contributed by atoms with Crippen LogP contribution in [0.25, 0.3) is 0 Å². The van der Waals surface area contributed by atoms with Gasteiger partial charge in [-0.15, -0.1) is 0 Å². The van der Waals surface area contributed by atoms with Gasteiger partial charge in [-0.1, -0.05) is 12.8 Å². The number of halogens is 2. The summed E-state index contributed by atoms with van der Waals surface area (Å²) in [6.07, 6.45) is 1.26. The Morgan fingerprint density at radius 1 is 1.25 bits per heavy atom. The maximum Gasteiger partial charge on any atom is 0.252 e. The third kappa shape index (κ3) is 2.96. The van der Waals surface area contributed by atoms with Crippen molar-refractivity contribution in [2.75, 3.05) is 52.2 Å². The maximum absolute atomic E-state index is 13.8. The van der Waals surface area contributed by atoms with E-state index < -0.39 is 11.8 Å². The summed E-state index contributed by atoms with van der Waals surface area (Å²) in [6, 6.07) is 1.95. The van der Waals surface area contributed by atoms with E-state index in [1.807, 2.05) is 25.1 Å². The molecule has 3 aliphatic rings. The van der Waals surface area contributed by atoms with Crippen molar-refractivity contribution in [1.82, 2.24) is 19.8 Å². The number of alkyl halides is 2. The van der Waals surface area contributed by atoms with Gasteiger partial charge in [0.2, 0.25) is 11.9 Å². The third-order valence-electron chi connectivity index (χ3n) is 6.88. The van der Waals surface area contributed by atoms with Gasteiger partial charge in [-0.25, -0.2) is 18.7 Å². The molecule has 1 unspecified atom stereocenters. The number of amides is 1. The Labute approximate surface area is 164 Å². The van der Waals surface area contributed by atoms with Crippen LogP contribution in [0.3, 0.4) is 0 Å². The molecule has 28 heavy (non-hydrogen) atoms. The molecule has 6 nitrogen and oxygen atoms in total. The fourth-order valence-electron chi connectivity index (χ4n) is 5.42. The summed E-state index contributed by atoms with van der Waals surface area (Å²) in [5, 5.41) is 0. The minimum absolute atomic E-state index is 0.107. The Hall–Kier alpha value is -1.83. The second-order valence-electron chi connectivity index (χ2n) is 9.11. The Morgan fingerprint density at radius 3 is 2.54 bits per heavy atom. The third-order valence-corrected chi connectivity index (χ3v) is 6.88. The van der Waals surface area contributed by atoms with E-state index in [9.17, 15) is 13.6 Å². The summed E-state index contributed by atoms with van der Waals surface area (Å²) in [4.78, 5) is 27.8. The highest BCUT2D eigenvalue weighted by Crippen LogP contribution is 2.52. The van der Waals surface area contributed by atoms with Crippen LogP contribution in [0, 0.1) is 10.8 Å². The molecule has 0 N–H and O–H groups in total. The highest BCUT2D eigenvalue weighted by atomic mass is 19.3. The van der Waals surface area contributed by atoms with E-state index in [1.54, 1.807) is 11.1 Å². The van der Waals surface area contributed by atoms with E-state index in [0.29, 0.717) is 44.7 Å². The van der Waals surface area contributed by atoms with Crippen LogP contribution >= 0.6 is 0 Å². The lowest BCUT2D eigenvalue weighted by Gasteiger charge is -2.53. The first-order chi connectivity index (χ1) is 13.3. The lowest BCUT2D eigenvalue weighted by atomic mass is 9.69. The van der Waals surface area contributed by atoms with Crippen LogP contribution in [0.5, 0.6) is 0 Å². The van der Waals surface area contributed by atoms with Gasteiger partial charge in [0.1, 0.15) is 5.41 Å². The second kappa shape index (κ2) is 6.90. The van der Waals surface area contributed by atoms with Crippen molar-refractivity contribution in [2.45, 2.75) is 38.0 Å². The molecule has 0 bridgehead atoms. The lowest BCUT2D eigenvalue weighted by molar-refractivity contribution is -0.164. The van der Waals surface area contributed by atoms with E-state index in [4.69, 9.17) is 4.98 Å². The Bertz CT molecular complexity index is 744. The van der Waals surface area contributed by atoms with Crippen molar-refractivity contribution in [3.63, 3.8) is 0 Å². The van der Waals surface area contributed by atoms with Gasteiger partial charge in [0, 0.05) is 57.8 Å². The van der Waals surface area contributed by atoms with Crippen LogP contribution in [-0.2, 0) is 4.79 Å². The van der Waals surface area contributed by atoms with E-state index in [1.165, 1.54) is 0 Å². The number of likely N-dealkylation sites (tertiary alicyclic amines) is 2. The molecule has 2 aliphatic heterocycles. The summed E-state index contributed by atoms with van der Waals surface area (Å²) in [6.45, 7) is 2.78. The summed E-state index contributed by atoms with van der Waals surface area (Å²) < 4.78 is 27.6. The second-order valence-corrected chi connectivity index (χ2v) is 9.11. The summed E-state index contributed by atoms with van der Waals surface area (Å²) in [5.41, 5.74) is -0.585. The van der Waals surface area contributed by atoms with Crippen LogP contribution in [-0.4, -0.2) is 79.4 Å². The number of carbonyl (C=O) groups is 1. The average Bonchev–Trinajstić information content (AvgIpc) is 3.25. The molecule has 3 heterocycles. The van der Waals surface area contributed by atoms with Crippen LogP contribution in [0.4, 0.5) is 14.7 Å². The van der Waals surface area contributed by atoms with Crippen LogP contribution < -0.4 is 4.90 Å². The molecule has 4 rings (SSSR count). The predicted molar refractivity (Wildman–Crippen MR) is 103 cm³/mol. The molecule has 8 heteroatoms. The van der Waals surface area contributed by atoms with Crippen molar-refractivity contribution in [1.29, 1.82) is 0 Å². The number of likely N-dealkylation sites (N-methyl/N-ethyl adjacent to an activating group) is 1. The number of anilines is 1.